The monoisotopic (exact) mass is 397 g/mol. The molecule has 2 nitrogen and oxygen atoms in total. The van der Waals surface area contributed by atoms with Gasteiger partial charge in [-0.05, 0) is 47.5 Å². The lowest BCUT2D eigenvalue weighted by molar-refractivity contribution is -0.660. The molecule has 3 heterocycles. The summed E-state index contributed by atoms with van der Waals surface area (Å²) < 4.78 is 4.65. The van der Waals surface area contributed by atoms with E-state index >= 15 is 0 Å². The van der Waals surface area contributed by atoms with Gasteiger partial charge in [-0.15, -0.1) is 0 Å². The van der Waals surface area contributed by atoms with Crippen molar-refractivity contribution < 1.29 is 4.57 Å². The highest BCUT2D eigenvalue weighted by Crippen LogP contribution is 2.42. The van der Waals surface area contributed by atoms with Gasteiger partial charge >= 0.3 is 0 Å². The highest BCUT2D eigenvalue weighted by Gasteiger charge is 2.20. The summed E-state index contributed by atoms with van der Waals surface area (Å²) in [5, 5.41) is 8.02. The van der Waals surface area contributed by atoms with Crippen molar-refractivity contribution in [3.05, 3.63) is 96.7 Å². The van der Waals surface area contributed by atoms with Gasteiger partial charge < -0.3 is 4.40 Å². The fourth-order valence-corrected chi connectivity index (χ4v) is 5.57. The maximum Gasteiger partial charge on any atom is 0.212 e. The smallest absolute Gasteiger partial charge is 0.212 e. The number of aromatic nitrogens is 2. The third-order valence-corrected chi connectivity index (χ3v) is 6.98. The largest absolute Gasteiger partial charge is 0.308 e. The van der Waals surface area contributed by atoms with E-state index in [4.69, 9.17) is 0 Å². The lowest BCUT2D eigenvalue weighted by atomic mass is 9.94. The highest BCUT2D eigenvalue weighted by molar-refractivity contribution is 6.28. The number of fused-ring (bicyclic) bond motifs is 8. The number of rotatable bonds is 1. The van der Waals surface area contributed by atoms with Crippen molar-refractivity contribution in [2.24, 2.45) is 7.05 Å². The van der Waals surface area contributed by atoms with Crippen LogP contribution in [0.25, 0.3) is 60.1 Å². The van der Waals surface area contributed by atoms with Crippen LogP contribution in [0.3, 0.4) is 0 Å². The Labute approximate surface area is 179 Å². The molecule has 31 heavy (non-hydrogen) atoms. The van der Waals surface area contributed by atoms with Crippen LogP contribution < -0.4 is 4.57 Å². The van der Waals surface area contributed by atoms with Crippen molar-refractivity contribution in [1.82, 2.24) is 4.40 Å². The van der Waals surface area contributed by atoms with Gasteiger partial charge in [-0.3, -0.25) is 0 Å². The first-order valence-corrected chi connectivity index (χ1v) is 10.8. The van der Waals surface area contributed by atoms with Crippen molar-refractivity contribution in [3.63, 3.8) is 0 Å². The summed E-state index contributed by atoms with van der Waals surface area (Å²) in [5.74, 6) is 0. The van der Waals surface area contributed by atoms with Gasteiger partial charge in [0.2, 0.25) is 5.69 Å². The minimum Gasteiger partial charge on any atom is -0.308 e. The van der Waals surface area contributed by atoms with Crippen molar-refractivity contribution in [2.45, 2.75) is 6.92 Å². The van der Waals surface area contributed by atoms with Crippen LogP contribution in [0.1, 0.15) is 5.56 Å². The van der Waals surface area contributed by atoms with Crippen LogP contribution in [0.15, 0.2) is 91.1 Å². The molecule has 0 unspecified atom stereocenters. The van der Waals surface area contributed by atoms with Gasteiger partial charge in [-0.25, -0.2) is 4.57 Å². The summed E-state index contributed by atoms with van der Waals surface area (Å²) in [6.45, 7) is 2.25. The first-order chi connectivity index (χ1) is 15.2. The minimum atomic E-state index is 1.24. The van der Waals surface area contributed by atoms with Gasteiger partial charge in [0.05, 0.1) is 16.6 Å². The zero-order valence-corrected chi connectivity index (χ0v) is 17.6. The number of hydrogen-bond acceptors (Lipinski definition) is 0. The molecule has 0 saturated heterocycles. The van der Waals surface area contributed by atoms with Crippen molar-refractivity contribution in [2.75, 3.05) is 0 Å². The van der Waals surface area contributed by atoms with Gasteiger partial charge in [0.25, 0.3) is 0 Å². The molecule has 146 valence electrons. The van der Waals surface area contributed by atoms with Gasteiger partial charge in [0.15, 0.2) is 6.20 Å². The minimum absolute atomic E-state index is 1.24. The Morgan fingerprint density at radius 1 is 0.613 bits per heavy atom. The molecule has 7 aromatic rings. The molecule has 0 fully saturated rings. The van der Waals surface area contributed by atoms with Gasteiger partial charge in [-0.1, -0.05) is 48.5 Å². The van der Waals surface area contributed by atoms with Crippen LogP contribution in [0.4, 0.5) is 0 Å². The molecule has 0 aliphatic rings. The SMILES string of the molecule is Cc1c(-c2cccc[n+]2C)ccc2c1ccc1c2c2cccc3c4ccccc4n1c32. The maximum absolute atomic E-state index is 2.45. The average molecular weight is 398 g/mol. The van der Waals surface area contributed by atoms with Crippen LogP contribution in [0.5, 0.6) is 0 Å². The lowest BCUT2D eigenvalue weighted by Crippen LogP contribution is -2.30. The third kappa shape index (κ3) is 2.04. The van der Waals surface area contributed by atoms with Gasteiger partial charge in [-0.2, -0.15) is 0 Å². The molecular formula is C29H21N2+. The van der Waals surface area contributed by atoms with Crippen molar-refractivity contribution >= 4 is 48.9 Å². The fraction of sp³-hybridized carbons (Fsp3) is 0.0690. The summed E-state index contributed by atoms with van der Waals surface area (Å²) in [5.41, 5.74) is 7.77. The van der Waals surface area contributed by atoms with E-state index in [0.717, 1.165) is 0 Å². The van der Waals surface area contributed by atoms with E-state index in [1.807, 2.05) is 0 Å². The molecular weight excluding hydrogens is 376 g/mol. The van der Waals surface area contributed by atoms with Crippen LogP contribution in [-0.2, 0) is 7.05 Å². The average Bonchev–Trinajstić information content (AvgIpc) is 3.32. The topological polar surface area (TPSA) is 8.29 Å². The Morgan fingerprint density at radius 3 is 2.29 bits per heavy atom. The molecule has 2 heteroatoms. The summed E-state index contributed by atoms with van der Waals surface area (Å²) in [6.07, 6.45) is 2.11. The Morgan fingerprint density at radius 2 is 1.39 bits per heavy atom. The van der Waals surface area contributed by atoms with E-state index in [1.54, 1.807) is 0 Å². The second kappa shape index (κ2) is 5.83. The van der Waals surface area contributed by atoms with E-state index in [1.165, 1.54) is 65.7 Å². The predicted molar refractivity (Wildman–Crippen MR) is 130 cm³/mol. The van der Waals surface area contributed by atoms with Crippen molar-refractivity contribution in [3.8, 4) is 11.3 Å². The Bertz CT molecular complexity index is 1800. The summed E-state index contributed by atoms with van der Waals surface area (Å²) in [7, 11) is 2.11. The molecule has 0 atom stereocenters. The summed E-state index contributed by atoms with van der Waals surface area (Å²) in [6, 6.07) is 31.1. The molecule has 0 spiro atoms. The molecule has 7 rings (SSSR count). The number of benzene rings is 4. The highest BCUT2D eigenvalue weighted by atomic mass is 14.9. The summed E-state index contributed by atoms with van der Waals surface area (Å²) >= 11 is 0. The molecule has 0 bridgehead atoms. The Kier molecular flexibility index (Phi) is 3.17. The number of para-hydroxylation sites is 2. The van der Waals surface area contributed by atoms with Crippen LogP contribution in [0.2, 0.25) is 0 Å². The molecule has 0 N–H and O–H groups in total. The molecule has 0 aliphatic heterocycles. The molecule has 0 saturated carbocycles. The Balaban J connectivity index is 1.67. The van der Waals surface area contributed by atoms with Crippen LogP contribution in [0, 0.1) is 6.92 Å². The molecule has 0 amide bonds. The maximum atomic E-state index is 2.45. The lowest BCUT2D eigenvalue weighted by Gasteiger charge is -2.10. The number of pyridine rings is 1. The quantitative estimate of drug-likeness (QED) is 0.270. The van der Waals surface area contributed by atoms with Gasteiger partial charge in [0.1, 0.15) is 7.05 Å². The molecule has 4 aromatic carbocycles. The zero-order valence-electron chi connectivity index (χ0n) is 17.6. The number of nitrogens with zero attached hydrogens (tertiary/aromatic N) is 2. The molecule has 0 radical (unpaired) electrons. The first-order valence-electron chi connectivity index (χ1n) is 10.8. The Hall–Kier alpha value is -3.91. The van der Waals surface area contributed by atoms with Crippen LogP contribution in [-0.4, -0.2) is 4.40 Å². The zero-order chi connectivity index (χ0) is 20.7. The fourth-order valence-electron chi connectivity index (χ4n) is 5.57. The first kappa shape index (κ1) is 16.8. The van der Waals surface area contributed by atoms with Gasteiger partial charge in [0, 0.05) is 39.2 Å². The van der Waals surface area contributed by atoms with E-state index in [-0.39, 0.29) is 0 Å². The van der Waals surface area contributed by atoms with Crippen molar-refractivity contribution in [1.29, 1.82) is 0 Å². The number of hydrogen-bond donors (Lipinski definition) is 0. The second-order valence-electron chi connectivity index (χ2n) is 8.54. The summed E-state index contributed by atoms with van der Waals surface area (Å²) in [4.78, 5) is 0. The normalized spacial score (nSPS) is 12.2. The van der Waals surface area contributed by atoms with E-state index in [9.17, 15) is 0 Å². The number of aryl methyl sites for hydroxylation is 2. The third-order valence-electron chi connectivity index (χ3n) is 6.98. The molecule has 0 aliphatic carbocycles. The van der Waals surface area contributed by atoms with E-state index in [0.29, 0.717) is 0 Å². The van der Waals surface area contributed by atoms with E-state index in [2.05, 4.69) is 114 Å². The second-order valence-corrected chi connectivity index (χ2v) is 8.54. The predicted octanol–water partition coefficient (Wildman–Crippen LogP) is 6.79. The van der Waals surface area contributed by atoms with Crippen LogP contribution >= 0.6 is 0 Å². The van der Waals surface area contributed by atoms with E-state index < -0.39 is 0 Å². The molecule has 3 aromatic heterocycles. The standard InChI is InChI=1S/C29H21N2/c1-18-19-15-16-27-28(22(19)14-13-20(18)25-11-5-6-17-30(25)2)24-10-7-9-23-21-8-3-4-12-26(21)31(27)29(23)24/h3-17H,1-2H3/q+1.